The summed E-state index contributed by atoms with van der Waals surface area (Å²) in [6.07, 6.45) is 7.16. The van der Waals surface area contributed by atoms with Crippen molar-refractivity contribution in [3.05, 3.63) is 35.9 Å². The fourth-order valence-corrected chi connectivity index (χ4v) is 4.91. The van der Waals surface area contributed by atoms with Crippen molar-refractivity contribution < 1.29 is 9.59 Å². The van der Waals surface area contributed by atoms with Gasteiger partial charge in [-0.1, -0.05) is 36.8 Å². The fourth-order valence-electron chi connectivity index (χ4n) is 4.91. The predicted molar refractivity (Wildman–Crippen MR) is 105 cm³/mol. The van der Waals surface area contributed by atoms with Gasteiger partial charge in [0.25, 0.3) is 0 Å². The summed E-state index contributed by atoms with van der Waals surface area (Å²) in [4.78, 5) is 27.7. The van der Waals surface area contributed by atoms with E-state index in [1.165, 1.54) is 5.56 Å². The first-order chi connectivity index (χ1) is 13.2. The third-order valence-corrected chi connectivity index (χ3v) is 6.69. The van der Waals surface area contributed by atoms with Crippen LogP contribution in [0.5, 0.6) is 0 Å². The highest BCUT2D eigenvalue weighted by Crippen LogP contribution is 2.45. The van der Waals surface area contributed by atoms with Crippen molar-refractivity contribution in [1.82, 2.24) is 15.5 Å². The number of amides is 2. The average molecular weight is 370 g/mol. The van der Waals surface area contributed by atoms with Crippen LogP contribution in [-0.2, 0) is 15.0 Å². The normalized spacial score (nSPS) is 27.0. The summed E-state index contributed by atoms with van der Waals surface area (Å²) >= 11 is 0. The first-order valence-corrected chi connectivity index (χ1v) is 10.5. The number of rotatable bonds is 5. The Morgan fingerprint density at radius 1 is 1.11 bits per heavy atom. The molecule has 1 saturated carbocycles. The molecule has 3 aliphatic rings. The highest BCUT2D eigenvalue weighted by molar-refractivity contribution is 5.89. The monoisotopic (exact) mass is 369 g/mol. The molecule has 1 aromatic carbocycles. The highest BCUT2D eigenvalue weighted by Gasteiger charge is 2.48. The maximum atomic E-state index is 13.4. The van der Waals surface area contributed by atoms with Gasteiger partial charge >= 0.3 is 0 Å². The van der Waals surface area contributed by atoms with Crippen molar-refractivity contribution in [3.8, 4) is 0 Å². The van der Waals surface area contributed by atoms with Crippen molar-refractivity contribution >= 4 is 11.8 Å². The number of nitrogens with zero attached hydrogens (tertiary/aromatic N) is 1. The van der Waals surface area contributed by atoms with Gasteiger partial charge in [0.15, 0.2) is 0 Å². The van der Waals surface area contributed by atoms with E-state index in [0.717, 1.165) is 64.6 Å². The van der Waals surface area contributed by atoms with Crippen molar-refractivity contribution in [2.45, 2.75) is 56.4 Å². The molecular formula is C22H31N3O2. The largest absolute Gasteiger partial charge is 0.354 e. The minimum Gasteiger partial charge on any atom is -0.354 e. The van der Waals surface area contributed by atoms with Gasteiger partial charge in [0.2, 0.25) is 11.8 Å². The summed E-state index contributed by atoms with van der Waals surface area (Å²) in [5.41, 5.74) is 0.865. The van der Waals surface area contributed by atoms with E-state index in [2.05, 4.69) is 27.7 Å². The number of hydrogen-bond donors (Lipinski definition) is 2. The second-order valence-electron chi connectivity index (χ2n) is 8.46. The number of hydrogen-bond acceptors (Lipinski definition) is 3. The van der Waals surface area contributed by atoms with Crippen LogP contribution in [0.25, 0.3) is 0 Å². The van der Waals surface area contributed by atoms with Crippen molar-refractivity contribution in [2.75, 3.05) is 26.2 Å². The summed E-state index contributed by atoms with van der Waals surface area (Å²) in [6.45, 7) is 3.23. The Morgan fingerprint density at radius 3 is 2.59 bits per heavy atom. The zero-order valence-electron chi connectivity index (χ0n) is 16.1. The fraction of sp³-hybridized carbons (Fsp3) is 0.636. The molecule has 2 saturated heterocycles. The number of nitrogens with one attached hydrogen (secondary N) is 2. The molecule has 27 heavy (non-hydrogen) atoms. The van der Waals surface area contributed by atoms with E-state index in [1.54, 1.807) is 0 Å². The molecule has 0 bridgehead atoms. The van der Waals surface area contributed by atoms with Gasteiger partial charge in [0, 0.05) is 19.6 Å². The minimum atomic E-state index is -0.305. The van der Waals surface area contributed by atoms with Gasteiger partial charge in [-0.15, -0.1) is 0 Å². The molecule has 2 unspecified atom stereocenters. The number of carbonyl (C=O) groups excluding carboxylic acids is 2. The van der Waals surface area contributed by atoms with E-state index >= 15 is 0 Å². The van der Waals surface area contributed by atoms with Crippen molar-refractivity contribution in [1.29, 1.82) is 0 Å². The first kappa shape index (κ1) is 18.5. The predicted octanol–water partition coefficient (Wildman–Crippen LogP) is 2.22. The molecule has 0 spiro atoms. The second kappa shape index (κ2) is 8.01. The van der Waals surface area contributed by atoms with Crippen LogP contribution in [0.2, 0.25) is 0 Å². The van der Waals surface area contributed by atoms with Gasteiger partial charge in [0.1, 0.15) is 0 Å². The molecule has 3 fully saturated rings. The molecule has 2 amide bonds. The number of likely N-dealkylation sites (tertiary alicyclic amines) is 1. The lowest BCUT2D eigenvalue weighted by atomic mass is 9.63. The molecule has 5 heteroatoms. The van der Waals surface area contributed by atoms with E-state index in [0.29, 0.717) is 18.4 Å². The van der Waals surface area contributed by atoms with Gasteiger partial charge in [-0.25, -0.2) is 0 Å². The molecule has 0 radical (unpaired) electrons. The minimum absolute atomic E-state index is 0.0253. The second-order valence-corrected chi connectivity index (χ2v) is 8.46. The van der Waals surface area contributed by atoms with Crippen molar-refractivity contribution in [2.24, 2.45) is 5.92 Å². The third kappa shape index (κ3) is 3.75. The van der Waals surface area contributed by atoms with Crippen LogP contribution < -0.4 is 10.6 Å². The molecule has 2 atom stereocenters. The number of benzene rings is 1. The van der Waals surface area contributed by atoms with Gasteiger partial charge in [-0.3, -0.25) is 9.59 Å². The SMILES string of the molecule is O=C(NCC1CCCN(C(=O)C2(c3ccccc3)CCC2)C1)C1CCCN1. The highest BCUT2D eigenvalue weighted by atomic mass is 16.2. The topological polar surface area (TPSA) is 61.4 Å². The van der Waals surface area contributed by atoms with Gasteiger partial charge in [-0.2, -0.15) is 0 Å². The summed E-state index contributed by atoms with van der Waals surface area (Å²) in [7, 11) is 0. The van der Waals surface area contributed by atoms with E-state index in [4.69, 9.17) is 0 Å². The summed E-state index contributed by atoms with van der Waals surface area (Å²) < 4.78 is 0. The third-order valence-electron chi connectivity index (χ3n) is 6.69. The maximum absolute atomic E-state index is 13.4. The molecule has 146 valence electrons. The van der Waals surface area contributed by atoms with Crippen LogP contribution >= 0.6 is 0 Å². The molecule has 2 aliphatic heterocycles. The van der Waals surface area contributed by atoms with Crippen LogP contribution in [0.3, 0.4) is 0 Å². The molecule has 0 aromatic heterocycles. The van der Waals surface area contributed by atoms with Crippen LogP contribution in [0.4, 0.5) is 0 Å². The van der Waals surface area contributed by atoms with Crippen molar-refractivity contribution in [3.63, 3.8) is 0 Å². The first-order valence-electron chi connectivity index (χ1n) is 10.5. The Balaban J connectivity index is 1.36. The van der Waals surface area contributed by atoms with E-state index < -0.39 is 0 Å². The van der Waals surface area contributed by atoms with E-state index in [1.807, 2.05) is 18.2 Å². The Bertz CT molecular complexity index is 665. The average Bonchev–Trinajstić information content (AvgIpc) is 3.21. The van der Waals surface area contributed by atoms with E-state index in [9.17, 15) is 9.59 Å². The Labute approximate surface area is 161 Å². The molecule has 1 aromatic rings. The van der Waals surface area contributed by atoms with Gasteiger partial charge < -0.3 is 15.5 Å². The lowest BCUT2D eigenvalue weighted by Crippen LogP contribution is -2.54. The van der Waals surface area contributed by atoms with Gasteiger partial charge in [0.05, 0.1) is 11.5 Å². The lowest BCUT2D eigenvalue weighted by Gasteiger charge is -2.46. The van der Waals surface area contributed by atoms with Crippen LogP contribution in [0, 0.1) is 5.92 Å². The maximum Gasteiger partial charge on any atom is 0.237 e. The smallest absolute Gasteiger partial charge is 0.237 e. The molecule has 2 N–H and O–H groups in total. The van der Waals surface area contributed by atoms with Crippen LogP contribution in [0.15, 0.2) is 30.3 Å². The summed E-state index contributed by atoms with van der Waals surface area (Å²) in [6, 6.07) is 10.3. The number of piperidine rings is 1. The van der Waals surface area contributed by atoms with Crippen LogP contribution in [0.1, 0.15) is 50.5 Å². The zero-order valence-corrected chi connectivity index (χ0v) is 16.1. The summed E-state index contributed by atoms with van der Waals surface area (Å²) in [5, 5.41) is 6.36. The van der Waals surface area contributed by atoms with Gasteiger partial charge in [-0.05, 0) is 56.6 Å². The molecule has 5 nitrogen and oxygen atoms in total. The Morgan fingerprint density at radius 2 is 1.93 bits per heavy atom. The molecule has 1 aliphatic carbocycles. The van der Waals surface area contributed by atoms with Crippen LogP contribution in [-0.4, -0.2) is 48.9 Å². The molecular weight excluding hydrogens is 338 g/mol. The zero-order chi connectivity index (χ0) is 18.7. The summed E-state index contributed by atoms with van der Waals surface area (Å²) in [5.74, 6) is 0.782. The number of carbonyl (C=O) groups is 2. The Hall–Kier alpha value is -1.88. The molecule has 2 heterocycles. The standard InChI is InChI=1S/C22H31N3O2/c26-20(19-10-4-13-23-19)24-15-17-7-5-14-25(16-17)21(27)22(11-6-12-22)18-8-2-1-3-9-18/h1-3,8-9,17,19,23H,4-7,10-16H2,(H,24,26). The van der Waals surface area contributed by atoms with E-state index in [-0.39, 0.29) is 17.4 Å². The molecule has 4 rings (SSSR count). The quantitative estimate of drug-likeness (QED) is 0.837. The Kier molecular flexibility index (Phi) is 5.48. The lowest BCUT2D eigenvalue weighted by molar-refractivity contribution is -0.142.